The van der Waals surface area contributed by atoms with Crippen molar-refractivity contribution in [2.75, 3.05) is 5.73 Å². The Bertz CT molecular complexity index is 455. The second kappa shape index (κ2) is 3.42. The first-order valence-corrected chi connectivity index (χ1v) is 4.77. The molecule has 5 heteroatoms. The van der Waals surface area contributed by atoms with Crippen molar-refractivity contribution < 1.29 is 13.5 Å². The SMILES string of the molecule is Nc1csc2cccc(OC(F)F)c12. The van der Waals surface area contributed by atoms with Gasteiger partial charge < -0.3 is 10.5 Å². The Kier molecular flexibility index (Phi) is 2.25. The number of fused-ring (bicyclic) bond motifs is 1. The third-order valence-corrected chi connectivity index (χ3v) is 2.77. The van der Waals surface area contributed by atoms with Gasteiger partial charge in [-0.1, -0.05) is 6.07 Å². The Morgan fingerprint density at radius 1 is 1.36 bits per heavy atom. The Labute approximate surface area is 82.9 Å². The summed E-state index contributed by atoms with van der Waals surface area (Å²) < 4.78 is 29.3. The lowest BCUT2D eigenvalue weighted by Gasteiger charge is -2.05. The minimum absolute atomic E-state index is 0.135. The van der Waals surface area contributed by atoms with E-state index in [1.54, 1.807) is 11.4 Å². The van der Waals surface area contributed by atoms with Gasteiger partial charge >= 0.3 is 6.61 Å². The Morgan fingerprint density at radius 3 is 2.86 bits per heavy atom. The maximum atomic E-state index is 12.0. The summed E-state index contributed by atoms with van der Waals surface area (Å²) in [5.41, 5.74) is 6.11. The predicted octanol–water partition coefficient (Wildman–Crippen LogP) is 3.08. The summed E-state index contributed by atoms with van der Waals surface area (Å²) in [6, 6.07) is 4.96. The molecule has 0 amide bonds. The van der Waals surface area contributed by atoms with Gasteiger partial charge in [0.1, 0.15) is 5.75 Å². The van der Waals surface area contributed by atoms with Gasteiger partial charge in [-0.3, -0.25) is 0 Å². The highest BCUT2D eigenvalue weighted by Crippen LogP contribution is 2.35. The number of anilines is 1. The van der Waals surface area contributed by atoms with Crippen LogP contribution >= 0.6 is 11.3 Å². The molecule has 2 rings (SSSR count). The van der Waals surface area contributed by atoms with Crippen LogP contribution < -0.4 is 10.5 Å². The quantitative estimate of drug-likeness (QED) is 0.835. The van der Waals surface area contributed by atoms with E-state index in [0.717, 1.165) is 4.70 Å². The highest BCUT2D eigenvalue weighted by atomic mass is 32.1. The van der Waals surface area contributed by atoms with E-state index in [-0.39, 0.29) is 5.75 Å². The van der Waals surface area contributed by atoms with Gasteiger partial charge in [-0.15, -0.1) is 11.3 Å². The van der Waals surface area contributed by atoms with Crippen molar-refractivity contribution >= 4 is 27.1 Å². The molecule has 14 heavy (non-hydrogen) atoms. The number of nitrogen functional groups attached to an aromatic ring is 1. The van der Waals surface area contributed by atoms with E-state index in [1.165, 1.54) is 17.4 Å². The summed E-state index contributed by atoms with van der Waals surface area (Å²) in [6.45, 7) is -2.82. The smallest absolute Gasteiger partial charge is 0.387 e. The van der Waals surface area contributed by atoms with E-state index in [9.17, 15) is 8.78 Å². The third kappa shape index (κ3) is 1.50. The summed E-state index contributed by atoms with van der Waals surface area (Å²) >= 11 is 1.41. The summed E-state index contributed by atoms with van der Waals surface area (Å²) in [5, 5.41) is 2.28. The van der Waals surface area contributed by atoms with Crippen molar-refractivity contribution in [2.24, 2.45) is 0 Å². The van der Waals surface area contributed by atoms with Crippen molar-refractivity contribution in [3.05, 3.63) is 23.6 Å². The fourth-order valence-corrected chi connectivity index (χ4v) is 2.14. The van der Waals surface area contributed by atoms with E-state index < -0.39 is 6.61 Å². The summed E-state index contributed by atoms with van der Waals surface area (Å²) in [5.74, 6) is 0.135. The first-order chi connectivity index (χ1) is 6.68. The molecule has 0 bridgehead atoms. The van der Waals surface area contributed by atoms with Crippen molar-refractivity contribution in [3.63, 3.8) is 0 Å². The number of alkyl halides is 2. The van der Waals surface area contributed by atoms with Crippen LogP contribution in [0.3, 0.4) is 0 Å². The van der Waals surface area contributed by atoms with E-state index in [2.05, 4.69) is 4.74 Å². The van der Waals surface area contributed by atoms with Crippen LogP contribution in [0.15, 0.2) is 23.6 Å². The van der Waals surface area contributed by atoms with Gasteiger partial charge in [-0.2, -0.15) is 8.78 Å². The molecule has 0 radical (unpaired) electrons. The molecule has 1 aromatic carbocycles. The molecular formula is C9H7F2NOS. The van der Waals surface area contributed by atoms with E-state index in [0.29, 0.717) is 11.1 Å². The topological polar surface area (TPSA) is 35.2 Å². The fourth-order valence-electron chi connectivity index (χ4n) is 1.27. The maximum absolute atomic E-state index is 12.0. The maximum Gasteiger partial charge on any atom is 0.387 e. The summed E-state index contributed by atoms with van der Waals surface area (Å²) in [6.07, 6.45) is 0. The van der Waals surface area contributed by atoms with Crippen LogP contribution in [0, 0.1) is 0 Å². The molecule has 2 nitrogen and oxygen atoms in total. The molecule has 0 unspecified atom stereocenters. The molecule has 0 saturated heterocycles. The van der Waals surface area contributed by atoms with Crippen molar-refractivity contribution in [3.8, 4) is 5.75 Å². The normalized spacial score (nSPS) is 11.1. The lowest BCUT2D eigenvalue weighted by molar-refractivity contribution is -0.0487. The largest absolute Gasteiger partial charge is 0.434 e. The molecule has 0 aliphatic heterocycles. The molecule has 0 atom stereocenters. The first kappa shape index (κ1) is 9.21. The van der Waals surface area contributed by atoms with Gasteiger partial charge in [-0.05, 0) is 12.1 Å². The van der Waals surface area contributed by atoms with Crippen LogP contribution in [0.5, 0.6) is 5.75 Å². The summed E-state index contributed by atoms with van der Waals surface area (Å²) in [4.78, 5) is 0. The average molecular weight is 215 g/mol. The minimum Gasteiger partial charge on any atom is -0.434 e. The lowest BCUT2D eigenvalue weighted by atomic mass is 10.2. The van der Waals surface area contributed by atoms with Crippen LogP contribution in [0.25, 0.3) is 10.1 Å². The second-order valence-electron chi connectivity index (χ2n) is 2.70. The summed E-state index contributed by atoms with van der Waals surface area (Å²) in [7, 11) is 0. The van der Waals surface area contributed by atoms with Gasteiger partial charge in [0, 0.05) is 10.1 Å². The van der Waals surface area contributed by atoms with Gasteiger partial charge in [0.2, 0.25) is 0 Å². The third-order valence-electron chi connectivity index (χ3n) is 1.81. The van der Waals surface area contributed by atoms with Gasteiger partial charge in [-0.25, -0.2) is 0 Å². The van der Waals surface area contributed by atoms with Gasteiger partial charge in [0.05, 0.1) is 11.1 Å². The molecule has 0 aliphatic rings. The van der Waals surface area contributed by atoms with E-state index in [4.69, 9.17) is 5.73 Å². The van der Waals surface area contributed by atoms with E-state index in [1.807, 2.05) is 6.07 Å². The van der Waals surface area contributed by atoms with Crippen LogP contribution in [-0.2, 0) is 0 Å². The van der Waals surface area contributed by atoms with Crippen molar-refractivity contribution in [1.82, 2.24) is 0 Å². The number of ether oxygens (including phenoxy) is 1. The predicted molar refractivity (Wildman–Crippen MR) is 52.9 cm³/mol. The molecule has 2 aromatic rings. The second-order valence-corrected chi connectivity index (χ2v) is 3.61. The molecule has 1 heterocycles. The number of rotatable bonds is 2. The number of thiophene rings is 1. The molecule has 0 fully saturated rings. The zero-order valence-electron chi connectivity index (χ0n) is 7.04. The van der Waals surface area contributed by atoms with Crippen LogP contribution in [0.2, 0.25) is 0 Å². The Morgan fingerprint density at radius 2 is 2.14 bits per heavy atom. The standard InChI is InChI=1S/C9H7F2NOS/c10-9(11)13-6-2-1-3-7-8(6)5(12)4-14-7/h1-4,9H,12H2. The van der Waals surface area contributed by atoms with Crippen molar-refractivity contribution in [2.45, 2.75) is 6.61 Å². The van der Waals surface area contributed by atoms with Gasteiger partial charge in [0.25, 0.3) is 0 Å². The number of hydrogen-bond donors (Lipinski definition) is 1. The number of nitrogens with two attached hydrogens (primary N) is 1. The Hall–Kier alpha value is -1.36. The highest BCUT2D eigenvalue weighted by Gasteiger charge is 2.11. The molecule has 1 aromatic heterocycles. The Balaban J connectivity index is 2.57. The zero-order chi connectivity index (χ0) is 10.1. The van der Waals surface area contributed by atoms with Crippen LogP contribution in [0.4, 0.5) is 14.5 Å². The zero-order valence-corrected chi connectivity index (χ0v) is 7.85. The molecule has 0 spiro atoms. The van der Waals surface area contributed by atoms with E-state index >= 15 is 0 Å². The van der Waals surface area contributed by atoms with Crippen LogP contribution in [-0.4, -0.2) is 6.61 Å². The number of halogens is 2. The molecule has 0 saturated carbocycles. The molecule has 74 valence electrons. The minimum atomic E-state index is -2.82. The highest BCUT2D eigenvalue weighted by molar-refractivity contribution is 7.17. The molecule has 2 N–H and O–H groups in total. The monoisotopic (exact) mass is 215 g/mol. The fraction of sp³-hybridized carbons (Fsp3) is 0.111. The van der Waals surface area contributed by atoms with Crippen molar-refractivity contribution in [1.29, 1.82) is 0 Å². The number of benzene rings is 1. The lowest BCUT2D eigenvalue weighted by Crippen LogP contribution is -2.02. The van der Waals surface area contributed by atoms with Crippen LogP contribution in [0.1, 0.15) is 0 Å². The average Bonchev–Trinajstić information content (AvgIpc) is 2.48. The molecule has 0 aliphatic carbocycles. The first-order valence-electron chi connectivity index (χ1n) is 3.89. The number of hydrogen-bond acceptors (Lipinski definition) is 3. The molecular weight excluding hydrogens is 208 g/mol. The van der Waals surface area contributed by atoms with Gasteiger partial charge in [0.15, 0.2) is 0 Å².